The summed E-state index contributed by atoms with van der Waals surface area (Å²) in [4.78, 5) is 0. The van der Waals surface area contributed by atoms with Crippen LogP contribution in [0.25, 0.3) is 0 Å². The Morgan fingerprint density at radius 3 is 2.14 bits per heavy atom. The Bertz CT molecular complexity index is 59.1. The number of allylic oxidation sites excluding steroid dienone is 1. The van der Waals surface area contributed by atoms with Crippen molar-refractivity contribution in [1.82, 2.24) is 0 Å². The van der Waals surface area contributed by atoms with Gasteiger partial charge in [0.05, 0.1) is 6.26 Å². The van der Waals surface area contributed by atoms with Crippen molar-refractivity contribution >= 4 is 37.7 Å². The maximum atomic E-state index is 8.17. The Labute approximate surface area is 74.4 Å². The Hall–Kier alpha value is 0.800. The van der Waals surface area contributed by atoms with Crippen LogP contribution in [0.4, 0.5) is 0 Å². The van der Waals surface area contributed by atoms with Gasteiger partial charge in [-0.05, 0) is 18.9 Å². The fourth-order valence-electron chi connectivity index (χ4n) is 0.0913. The summed E-state index contributed by atoms with van der Waals surface area (Å²) in [6.45, 7) is 3.89. The van der Waals surface area contributed by atoms with E-state index in [-0.39, 0.29) is 37.7 Å². The molecule has 0 aliphatic carbocycles. The van der Waals surface area contributed by atoms with Gasteiger partial charge in [0, 0.05) is 0 Å². The second-order valence-electron chi connectivity index (χ2n) is 1.33. The topological polar surface area (TPSA) is 20.2 Å². The van der Waals surface area contributed by atoms with Gasteiger partial charge in [0.1, 0.15) is 0 Å². The van der Waals surface area contributed by atoms with Crippen LogP contribution in [0.1, 0.15) is 20.3 Å². The van der Waals surface area contributed by atoms with Gasteiger partial charge in [-0.3, -0.25) is 0 Å². The summed E-state index contributed by atoms with van der Waals surface area (Å²) in [6, 6.07) is 0. The van der Waals surface area contributed by atoms with Crippen LogP contribution in [0.5, 0.6) is 0 Å². The van der Waals surface area contributed by atoms with E-state index in [0.29, 0.717) is 0 Å². The Balaban J connectivity index is 0. The van der Waals surface area contributed by atoms with Crippen molar-refractivity contribution in [3.63, 3.8) is 0 Å². The molecule has 40 valence electrons. The summed E-state index contributed by atoms with van der Waals surface area (Å²) in [5.41, 5.74) is 1.02. The zero-order valence-electron chi connectivity index (χ0n) is 4.23. The van der Waals surface area contributed by atoms with Gasteiger partial charge in [-0.1, -0.05) is 6.92 Å². The second kappa shape index (κ2) is 6.80. The first-order valence-electron chi connectivity index (χ1n) is 2.11. The number of hydrogen-bond acceptors (Lipinski definition) is 1. The zero-order chi connectivity index (χ0) is 4.99. The van der Waals surface area contributed by atoms with Crippen LogP contribution >= 0.6 is 0 Å². The van der Waals surface area contributed by atoms with Crippen LogP contribution in [0.2, 0.25) is 0 Å². The van der Waals surface area contributed by atoms with Gasteiger partial charge in [0.25, 0.3) is 0 Å². The summed E-state index contributed by atoms with van der Waals surface area (Å²) in [7, 11) is 0. The number of rotatable bonds is 1. The molecule has 2 heteroatoms. The quantitative estimate of drug-likeness (QED) is 0.411. The predicted octanol–water partition coefficient (Wildman–Crippen LogP) is 0.942. The van der Waals surface area contributed by atoms with Crippen LogP contribution in [-0.2, 0) is 0 Å². The number of aliphatic hydroxyl groups is 1. The molecule has 0 aromatic carbocycles. The molecule has 0 amide bonds. The summed E-state index contributed by atoms with van der Waals surface area (Å²) in [6.07, 6.45) is 2.08. The van der Waals surface area contributed by atoms with Crippen molar-refractivity contribution < 1.29 is 5.11 Å². The van der Waals surface area contributed by atoms with Crippen LogP contribution in [0.15, 0.2) is 11.8 Å². The molecule has 1 nitrogen and oxygen atoms in total. The van der Waals surface area contributed by atoms with Crippen LogP contribution in [0.3, 0.4) is 0 Å². The first-order valence-corrected chi connectivity index (χ1v) is 2.11. The van der Waals surface area contributed by atoms with Gasteiger partial charge in [-0.25, -0.2) is 0 Å². The van der Waals surface area contributed by atoms with Crippen molar-refractivity contribution in [1.29, 1.82) is 0 Å². The molecule has 0 aliphatic rings. The second-order valence-corrected chi connectivity index (χ2v) is 1.33. The maximum absolute atomic E-state index is 8.17. The average Bonchev–Trinajstić information content (AvgIpc) is 1.65. The average molecular weight is 128 g/mol. The molecule has 0 bridgehead atoms. The molecule has 0 saturated carbocycles. The first kappa shape index (κ1) is 10.7. The van der Waals surface area contributed by atoms with Gasteiger partial charge >= 0.3 is 37.7 Å². The van der Waals surface area contributed by atoms with E-state index in [4.69, 9.17) is 5.11 Å². The van der Waals surface area contributed by atoms with E-state index in [0.717, 1.165) is 18.3 Å². The summed E-state index contributed by atoms with van der Waals surface area (Å²) >= 11 is 0. The molecule has 0 unspecified atom stereocenters. The summed E-state index contributed by atoms with van der Waals surface area (Å²) in [5.74, 6) is 0. The standard InChI is InChI=1S/C5H10O.Ca.2H/c1-3-5(2)4-6;;;/h4,6H,3H2,1-2H3;;;. The third-order valence-corrected chi connectivity index (χ3v) is 0.778. The predicted molar refractivity (Wildman–Crippen MR) is 35.2 cm³/mol. The summed E-state index contributed by atoms with van der Waals surface area (Å²) < 4.78 is 0. The van der Waals surface area contributed by atoms with E-state index in [9.17, 15) is 0 Å². The van der Waals surface area contributed by atoms with Gasteiger partial charge in [0.15, 0.2) is 0 Å². The van der Waals surface area contributed by atoms with Crippen molar-refractivity contribution in [2.75, 3.05) is 0 Å². The first-order chi connectivity index (χ1) is 2.81. The minimum absolute atomic E-state index is 0. The molecule has 0 fully saturated rings. The molecule has 7 heavy (non-hydrogen) atoms. The number of hydrogen-bond donors (Lipinski definition) is 1. The molecule has 0 aliphatic heterocycles. The molecular weight excluding hydrogens is 116 g/mol. The van der Waals surface area contributed by atoms with E-state index in [1.165, 1.54) is 0 Å². The monoisotopic (exact) mass is 128 g/mol. The molecule has 0 atom stereocenters. The Morgan fingerprint density at radius 2 is 2.14 bits per heavy atom. The van der Waals surface area contributed by atoms with E-state index in [2.05, 4.69) is 0 Å². The Morgan fingerprint density at radius 1 is 1.71 bits per heavy atom. The van der Waals surface area contributed by atoms with E-state index >= 15 is 0 Å². The van der Waals surface area contributed by atoms with Crippen molar-refractivity contribution in [2.24, 2.45) is 0 Å². The molecular formula is C5H12CaO. The van der Waals surface area contributed by atoms with E-state index < -0.39 is 0 Å². The van der Waals surface area contributed by atoms with Crippen molar-refractivity contribution in [3.05, 3.63) is 11.8 Å². The van der Waals surface area contributed by atoms with Gasteiger partial charge < -0.3 is 5.11 Å². The number of aliphatic hydroxyl groups excluding tert-OH is 1. The fraction of sp³-hybridized carbons (Fsp3) is 0.600. The molecule has 0 aromatic rings. The molecule has 1 N–H and O–H groups in total. The van der Waals surface area contributed by atoms with Gasteiger partial charge in [0.2, 0.25) is 0 Å². The molecule has 0 spiro atoms. The molecule has 0 heterocycles. The molecule has 0 saturated heterocycles. The minimum atomic E-state index is 0. The third-order valence-electron chi connectivity index (χ3n) is 0.778. The SMILES string of the molecule is CCC(C)=CO.[CaH2]. The zero-order valence-corrected chi connectivity index (χ0v) is 4.23. The normalized spacial score (nSPS) is 10.3. The van der Waals surface area contributed by atoms with E-state index in [1.54, 1.807) is 0 Å². The van der Waals surface area contributed by atoms with Crippen LogP contribution in [-0.4, -0.2) is 42.8 Å². The van der Waals surface area contributed by atoms with Crippen molar-refractivity contribution in [3.8, 4) is 0 Å². The van der Waals surface area contributed by atoms with E-state index in [1.807, 2.05) is 13.8 Å². The van der Waals surface area contributed by atoms with Gasteiger partial charge in [-0.2, -0.15) is 0 Å². The molecule has 0 aromatic heterocycles. The third kappa shape index (κ3) is 6.80. The molecule has 0 radical (unpaired) electrons. The van der Waals surface area contributed by atoms with Crippen LogP contribution in [0, 0.1) is 0 Å². The van der Waals surface area contributed by atoms with Crippen LogP contribution < -0.4 is 0 Å². The summed E-state index contributed by atoms with van der Waals surface area (Å²) in [5, 5.41) is 8.17. The van der Waals surface area contributed by atoms with Gasteiger partial charge in [-0.15, -0.1) is 0 Å². The fourth-order valence-corrected chi connectivity index (χ4v) is 0.0913. The Kier molecular flexibility index (Phi) is 10.4. The molecule has 0 rings (SSSR count). The van der Waals surface area contributed by atoms with Crippen molar-refractivity contribution in [2.45, 2.75) is 20.3 Å².